The minimum absolute atomic E-state index is 0.741. The van der Waals surface area contributed by atoms with Gasteiger partial charge in [-0.1, -0.05) is 0 Å². The first-order valence-corrected chi connectivity index (χ1v) is 3.55. The molecule has 1 N–H and O–H groups in total. The Balaban J connectivity index is 2.81. The first-order valence-electron chi connectivity index (χ1n) is 3.55. The van der Waals surface area contributed by atoms with E-state index in [1.807, 2.05) is 0 Å². The zero-order chi connectivity index (χ0) is 9.57. The number of carboxylic acids is 1. The summed E-state index contributed by atoms with van der Waals surface area (Å²) in [7, 11) is 0. The van der Waals surface area contributed by atoms with Crippen molar-refractivity contribution in [3.8, 4) is 0 Å². The van der Waals surface area contributed by atoms with Crippen LogP contribution in [0.15, 0.2) is 0 Å². The van der Waals surface area contributed by atoms with E-state index in [-0.39, 0.29) is 0 Å². The monoisotopic (exact) mass is 180 g/mol. The summed E-state index contributed by atoms with van der Waals surface area (Å²) in [5.41, 5.74) is -1.67. The standard InChI is InChI=1S/C7H10F2O3/c1-6(2)7(8,9)3-4(12-6)5(10)11/h4H,3H2,1-2H3,(H,10,11). The van der Waals surface area contributed by atoms with E-state index in [0.29, 0.717) is 0 Å². The van der Waals surface area contributed by atoms with Gasteiger partial charge in [0.1, 0.15) is 5.60 Å². The van der Waals surface area contributed by atoms with E-state index in [0.717, 1.165) is 0 Å². The number of rotatable bonds is 1. The Morgan fingerprint density at radius 3 is 2.25 bits per heavy atom. The Morgan fingerprint density at radius 1 is 1.58 bits per heavy atom. The third kappa shape index (κ3) is 1.29. The molecule has 1 heterocycles. The van der Waals surface area contributed by atoms with Gasteiger partial charge in [-0.2, -0.15) is 0 Å². The molecule has 1 saturated heterocycles. The molecule has 0 aromatic rings. The average Bonchev–Trinajstić information content (AvgIpc) is 2.03. The maximum atomic E-state index is 12.9. The van der Waals surface area contributed by atoms with Crippen molar-refractivity contribution < 1.29 is 23.4 Å². The van der Waals surface area contributed by atoms with Gasteiger partial charge in [0.25, 0.3) is 5.92 Å². The Kier molecular flexibility index (Phi) is 1.87. The van der Waals surface area contributed by atoms with Crippen molar-refractivity contribution >= 4 is 5.97 Å². The third-order valence-corrected chi connectivity index (χ3v) is 2.03. The van der Waals surface area contributed by atoms with Crippen molar-refractivity contribution in [3.05, 3.63) is 0 Å². The molecule has 0 aromatic heterocycles. The summed E-state index contributed by atoms with van der Waals surface area (Å²) < 4.78 is 30.6. The summed E-state index contributed by atoms with van der Waals surface area (Å²) in [5.74, 6) is -4.39. The number of hydrogen-bond acceptors (Lipinski definition) is 2. The van der Waals surface area contributed by atoms with E-state index in [1.165, 1.54) is 13.8 Å². The Hall–Kier alpha value is -0.710. The van der Waals surface area contributed by atoms with Gasteiger partial charge in [0.15, 0.2) is 6.10 Å². The van der Waals surface area contributed by atoms with Gasteiger partial charge in [-0.05, 0) is 13.8 Å². The van der Waals surface area contributed by atoms with Crippen LogP contribution in [0.1, 0.15) is 20.3 Å². The summed E-state index contributed by atoms with van der Waals surface area (Å²) in [6.07, 6.45) is -2.12. The predicted octanol–water partition coefficient (Wildman–Crippen LogP) is 1.27. The van der Waals surface area contributed by atoms with Crippen molar-refractivity contribution in [3.63, 3.8) is 0 Å². The van der Waals surface area contributed by atoms with Gasteiger partial charge in [0, 0.05) is 0 Å². The molecule has 0 saturated carbocycles. The smallest absolute Gasteiger partial charge is 0.333 e. The topological polar surface area (TPSA) is 46.5 Å². The molecule has 0 radical (unpaired) electrons. The van der Waals surface area contributed by atoms with Crippen LogP contribution in [0.2, 0.25) is 0 Å². The molecule has 0 amide bonds. The van der Waals surface area contributed by atoms with Crippen LogP contribution in [-0.2, 0) is 9.53 Å². The van der Waals surface area contributed by atoms with E-state index in [1.54, 1.807) is 0 Å². The lowest BCUT2D eigenvalue weighted by Gasteiger charge is -2.24. The van der Waals surface area contributed by atoms with Crippen molar-refractivity contribution in [1.82, 2.24) is 0 Å². The first kappa shape index (κ1) is 9.38. The van der Waals surface area contributed by atoms with Crippen LogP contribution < -0.4 is 0 Å². The summed E-state index contributed by atoms with van der Waals surface area (Å²) >= 11 is 0. The van der Waals surface area contributed by atoms with Crippen LogP contribution >= 0.6 is 0 Å². The fraction of sp³-hybridized carbons (Fsp3) is 0.857. The lowest BCUT2D eigenvalue weighted by Crippen LogP contribution is -2.38. The molecular weight excluding hydrogens is 170 g/mol. The Bertz CT molecular complexity index is 197. The fourth-order valence-corrected chi connectivity index (χ4v) is 1.10. The number of carbonyl (C=O) groups is 1. The van der Waals surface area contributed by atoms with Gasteiger partial charge in [-0.3, -0.25) is 0 Å². The van der Waals surface area contributed by atoms with E-state index in [2.05, 4.69) is 4.74 Å². The number of aliphatic carboxylic acids is 1. The maximum Gasteiger partial charge on any atom is 0.333 e. The number of carboxylic acid groups (broad SMARTS) is 1. The van der Waals surface area contributed by atoms with Crippen molar-refractivity contribution in [2.45, 2.75) is 37.9 Å². The second-order valence-corrected chi connectivity index (χ2v) is 3.36. The van der Waals surface area contributed by atoms with Gasteiger partial charge in [-0.15, -0.1) is 0 Å². The van der Waals surface area contributed by atoms with Crippen LogP contribution in [0.5, 0.6) is 0 Å². The summed E-state index contributed by atoms with van der Waals surface area (Å²) in [6, 6.07) is 0. The molecule has 0 bridgehead atoms. The molecule has 3 nitrogen and oxygen atoms in total. The number of ether oxygens (including phenoxy) is 1. The van der Waals surface area contributed by atoms with E-state index < -0.39 is 30.0 Å². The van der Waals surface area contributed by atoms with Crippen molar-refractivity contribution in [1.29, 1.82) is 0 Å². The second-order valence-electron chi connectivity index (χ2n) is 3.36. The first-order chi connectivity index (χ1) is 5.26. The zero-order valence-electron chi connectivity index (χ0n) is 6.80. The minimum atomic E-state index is -3.06. The quantitative estimate of drug-likeness (QED) is 0.661. The van der Waals surface area contributed by atoms with Crippen molar-refractivity contribution in [2.75, 3.05) is 0 Å². The van der Waals surface area contributed by atoms with E-state index >= 15 is 0 Å². The second kappa shape index (κ2) is 2.39. The highest BCUT2D eigenvalue weighted by Crippen LogP contribution is 2.43. The van der Waals surface area contributed by atoms with Crippen LogP contribution in [0.25, 0.3) is 0 Å². The molecule has 70 valence electrons. The fourth-order valence-electron chi connectivity index (χ4n) is 1.10. The third-order valence-electron chi connectivity index (χ3n) is 2.03. The molecule has 1 aliphatic rings. The molecule has 1 rings (SSSR count). The molecule has 0 aromatic carbocycles. The van der Waals surface area contributed by atoms with Gasteiger partial charge in [-0.25, -0.2) is 13.6 Å². The Labute approximate surface area is 68.3 Å². The van der Waals surface area contributed by atoms with E-state index in [4.69, 9.17) is 5.11 Å². The van der Waals surface area contributed by atoms with Crippen molar-refractivity contribution in [2.24, 2.45) is 0 Å². The van der Waals surface area contributed by atoms with Gasteiger partial charge in [0.2, 0.25) is 0 Å². The lowest BCUT2D eigenvalue weighted by atomic mass is 10.00. The average molecular weight is 180 g/mol. The van der Waals surface area contributed by atoms with Crippen LogP contribution in [0, 0.1) is 0 Å². The zero-order valence-corrected chi connectivity index (χ0v) is 6.80. The van der Waals surface area contributed by atoms with Gasteiger partial charge < -0.3 is 9.84 Å². The number of hydrogen-bond donors (Lipinski definition) is 1. The molecule has 0 aliphatic carbocycles. The highest BCUT2D eigenvalue weighted by molar-refractivity contribution is 5.73. The lowest BCUT2D eigenvalue weighted by molar-refractivity contribution is -0.160. The van der Waals surface area contributed by atoms with Crippen LogP contribution in [-0.4, -0.2) is 28.7 Å². The molecule has 1 atom stereocenters. The summed E-state index contributed by atoms with van der Waals surface area (Å²) in [4.78, 5) is 10.3. The molecular formula is C7H10F2O3. The molecule has 0 spiro atoms. The van der Waals surface area contributed by atoms with Crippen LogP contribution in [0.4, 0.5) is 8.78 Å². The molecule has 1 unspecified atom stereocenters. The maximum absolute atomic E-state index is 12.9. The van der Waals surface area contributed by atoms with Gasteiger partial charge in [0.05, 0.1) is 6.42 Å². The highest BCUT2D eigenvalue weighted by Gasteiger charge is 2.58. The summed E-state index contributed by atoms with van der Waals surface area (Å²) in [6.45, 7) is 2.38. The molecule has 1 aliphatic heterocycles. The SMILES string of the molecule is CC1(C)OC(C(=O)O)CC1(F)F. The van der Waals surface area contributed by atoms with E-state index in [9.17, 15) is 13.6 Å². The van der Waals surface area contributed by atoms with Gasteiger partial charge >= 0.3 is 5.97 Å². The largest absolute Gasteiger partial charge is 0.479 e. The Morgan fingerprint density at radius 2 is 2.08 bits per heavy atom. The molecule has 5 heteroatoms. The highest BCUT2D eigenvalue weighted by atomic mass is 19.3. The summed E-state index contributed by atoms with van der Waals surface area (Å²) in [5, 5.41) is 8.42. The molecule has 12 heavy (non-hydrogen) atoms. The minimum Gasteiger partial charge on any atom is -0.479 e. The predicted molar refractivity (Wildman–Crippen MR) is 36.2 cm³/mol. The number of halogens is 2. The van der Waals surface area contributed by atoms with Crippen LogP contribution in [0.3, 0.4) is 0 Å². The number of alkyl halides is 2. The molecule has 1 fully saturated rings. The normalized spacial score (nSPS) is 31.8.